The van der Waals surface area contributed by atoms with Gasteiger partial charge in [0.1, 0.15) is 5.75 Å². The third kappa shape index (κ3) is 3.92. The first kappa shape index (κ1) is 18.9. The molecule has 0 aliphatic carbocycles. The minimum absolute atomic E-state index is 0.0461. The third-order valence-electron chi connectivity index (χ3n) is 5.15. The zero-order valence-corrected chi connectivity index (χ0v) is 15.4. The van der Waals surface area contributed by atoms with Gasteiger partial charge in [-0.2, -0.15) is 0 Å². The maximum Gasteiger partial charge on any atom is 0.308 e. The van der Waals surface area contributed by atoms with Gasteiger partial charge in [-0.25, -0.2) is 0 Å². The Morgan fingerprint density at radius 3 is 3.04 bits per heavy atom. The van der Waals surface area contributed by atoms with Gasteiger partial charge in [0, 0.05) is 23.7 Å². The number of ether oxygens (including phenoxy) is 1. The number of aliphatic hydroxyl groups excluding tert-OH is 1. The number of carboxylic acid groups (broad SMARTS) is 1. The fourth-order valence-corrected chi connectivity index (χ4v) is 3.97. The number of rotatable bonds is 6. The number of nitrogens with one attached hydrogen (secondary N) is 1. The predicted molar refractivity (Wildman–Crippen MR) is 99.6 cm³/mol. The van der Waals surface area contributed by atoms with Crippen LogP contribution in [0.5, 0.6) is 5.75 Å². The molecule has 0 spiro atoms. The van der Waals surface area contributed by atoms with Crippen LogP contribution in [0, 0.1) is 11.8 Å². The zero-order chi connectivity index (χ0) is 18.7. The van der Waals surface area contributed by atoms with E-state index in [9.17, 15) is 15.0 Å². The molecule has 3 N–H and O–H groups in total. The molecule has 1 aliphatic heterocycles. The molecule has 26 heavy (non-hydrogen) atoms. The molecule has 1 fully saturated rings. The molecule has 0 saturated carbocycles. The van der Waals surface area contributed by atoms with Gasteiger partial charge in [-0.1, -0.05) is 11.6 Å². The summed E-state index contributed by atoms with van der Waals surface area (Å²) in [7, 11) is 1.58. The summed E-state index contributed by atoms with van der Waals surface area (Å²) in [5.74, 6) is -0.487. The summed E-state index contributed by atoms with van der Waals surface area (Å²) in [6.45, 7) is 1.28. The molecule has 140 valence electrons. The minimum atomic E-state index is -0.788. The first-order valence-electron chi connectivity index (χ1n) is 8.75. The van der Waals surface area contributed by atoms with E-state index in [4.69, 9.17) is 16.3 Å². The summed E-state index contributed by atoms with van der Waals surface area (Å²) in [5, 5.41) is 24.5. The molecular formula is C19H23ClN2O4. The van der Waals surface area contributed by atoms with Crippen LogP contribution in [0.3, 0.4) is 0 Å². The maximum atomic E-state index is 11.4. The molecule has 2 heterocycles. The maximum absolute atomic E-state index is 11.4. The van der Waals surface area contributed by atoms with Crippen LogP contribution in [0.2, 0.25) is 5.02 Å². The normalized spacial score (nSPS) is 21.5. The standard InChI is InChI=1S/C19H23ClN2O4/c1-26-12-3-4-16-13(8-12)18(15(20)10-22-16)17(23)5-2-11-6-7-21-9-14(11)19(24)25/h3-4,8,10-11,14,17,21,23H,2,5-7,9H2,1H3,(H,24,25). The number of carboxylic acids is 1. The summed E-state index contributed by atoms with van der Waals surface area (Å²) in [6.07, 6.45) is 2.63. The van der Waals surface area contributed by atoms with E-state index in [1.165, 1.54) is 0 Å². The van der Waals surface area contributed by atoms with Gasteiger partial charge in [-0.15, -0.1) is 0 Å². The van der Waals surface area contributed by atoms with E-state index in [-0.39, 0.29) is 5.92 Å². The number of aliphatic carboxylic acids is 1. The Morgan fingerprint density at radius 2 is 2.31 bits per heavy atom. The van der Waals surface area contributed by atoms with Crippen molar-refractivity contribution in [1.29, 1.82) is 0 Å². The topological polar surface area (TPSA) is 91.7 Å². The summed E-state index contributed by atoms with van der Waals surface area (Å²) in [4.78, 5) is 15.7. The van der Waals surface area contributed by atoms with Crippen LogP contribution in [0.25, 0.3) is 10.9 Å². The van der Waals surface area contributed by atoms with Crippen LogP contribution in [-0.4, -0.2) is 41.4 Å². The number of benzene rings is 1. The van der Waals surface area contributed by atoms with E-state index in [0.717, 1.165) is 23.9 Å². The molecule has 3 rings (SSSR count). The summed E-state index contributed by atoms with van der Waals surface area (Å²) < 4.78 is 5.27. The van der Waals surface area contributed by atoms with Gasteiger partial charge in [0.25, 0.3) is 0 Å². The quantitative estimate of drug-likeness (QED) is 0.715. The third-order valence-corrected chi connectivity index (χ3v) is 5.46. The Balaban J connectivity index is 1.82. The molecule has 3 atom stereocenters. The molecule has 1 aliphatic rings. The monoisotopic (exact) mass is 378 g/mol. The molecule has 6 nitrogen and oxygen atoms in total. The van der Waals surface area contributed by atoms with Crippen molar-refractivity contribution >= 4 is 28.5 Å². The first-order chi connectivity index (χ1) is 12.5. The second-order valence-corrected chi connectivity index (χ2v) is 7.10. The Hall–Kier alpha value is -1.89. The average molecular weight is 379 g/mol. The van der Waals surface area contributed by atoms with Crippen molar-refractivity contribution in [1.82, 2.24) is 10.3 Å². The Kier molecular flexibility index (Phi) is 5.96. The summed E-state index contributed by atoms with van der Waals surface area (Å²) in [6, 6.07) is 5.46. The van der Waals surface area contributed by atoms with Crippen LogP contribution in [0.1, 0.15) is 30.9 Å². The molecule has 2 aromatic rings. The van der Waals surface area contributed by atoms with Crippen LogP contribution in [0.4, 0.5) is 0 Å². The van der Waals surface area contributed by atoms with E-state index >= 15 is 0 Å². The zero-order valence-electron chi connectivity index (χ0n) is 14.6. The van der Waals surface area contributed by atoms with Gasteiger partial charge >= 0.3 is 5.97 Å². The summed E-state index contributed by atoms with van der Waals surface area (Å²) >= 11 is 6.33. The minimum Gasteiger partial charge on any atom is -0.497 e. The number of halogens is 1. The highest BCUT2D eigenvalue weighted by atomic mass is 35.5. The molecule has 7 heteroatoms. The van der Waals surface area contributed by atoms with Crippen molar-refractivity contribution in [3.63, 3.8) is 0 Å². The van der Waals surface area contributed by atoms with Gasteiger partial charge in [0.2, 0.25) is 0 Å². The van der Waals surface area contributed by atoms with E-state index < -0.39 is 18.0 Å². The number of hydrogen-bond acceptors (Lipinski definition) is 5. The highest BCUT2D eigenvalue weighted by molar-refractivity contribution is 6.32. The number of aromatic nitrogens is 1. The van der Waals surface area contributed by atoms with Crippen molar-refractivity contribution in [3.8, 4) is 5.75 Å². The number of hydrogen-bond donors (Lipinski definition) is 3. The van der Waals surface area contributed by atoms with Gasteiger partial charge in [0.15, 0.2) is 0 Å². The number of fused-ring (bicyclic) bond motifs is 1. The molecule has 1 aromatic carbocycles. The highest BCUT2D eigenvalue weighted by Gasteiger charge is 2.31. The number of carbonyl (C=O) groups is 1. The Labute approximate surface area is 157 Å². The van der Waals surface area contributed by atoms with E-state index in [2.05, 4.69) is 10.3 Å². The van der Waals surface area contributed by atoms with Gasteiger partial charge in [0.05, 0.1) is 29.7 Å². The fourth-order valence-electron chi connectivity index (χ4n) is 3.70. The second-order valence-electron chi connectivity index (χ2n) is 6.69. The molecule has 1 saturated heterocycles. The molecule has 0 bridgehead atoms. The molecule has 1 aromatic heterocycles. The van der Waals surface area contributed by atoms with Crippen molar-refractivity contribution in [2.75, 3.05) is 20.2 Å². The smallest absolute Gasteiger partial charge is 0.308 e. The largest absolute Gasteiger partial charge is 0.497 e. The average Bonchev–Trinajstić information content (AvgIpc) is 2.65. The van der Waals surface area contributed by atoms with E-state index in [0.29, 0.717) is 35.7 Å². The first-order valence-corrected chi connectivity index (χ1v) is 9.12. The molecule has 0 radical (unpaired) electrons. The number of piperidine rings is 1. The lowest BCUT2D eigenvalue weighted by Gasteiger charge is -2.30. The highest BCUT2D eigenvalue weighted by Crippen LogP contribution is 2.36. The fraction of sp³-hybridized carbons (Fsp3) is 0.474. The summed E-state index contributed by atoms with van der Waals surface area (Å²) in [5.41, 5.74) is 1.35. The molecular weight excluding hydrogens is 356 g/mol. The molecule has 0 amide bonds. The van der Waals surface area contributed by atoms with Gasteiger partial charge in [-0.05, 0) is 49.9 Å². The molecule has 3 unspecified atom stereocenters. The Morgan fingerprint density at radius 1 is 1.50 bits per heavy atom. The van der Waals surface area contributed by atoms with Crippen LogP contribution in [0.15, 0.2) is 24.4 Å². The van der Waals surface area contributed by atoms with Gasteiger partial charge < -0.3 is 20.3 Å². The van der Waals surface area contributed by atoms with Crippen molar-refractivity contribution in [3.05, 3.63) is 35.0 Å². The number of methoxy groups -OCH3 is 1. The lowest BCUT2D eigenvalue weighted by Crippen LogP contribution is -2.40. The van der Waals surface area contributed by atoms with E-state index in [1.54, 1.807) is 13.3 Å². The lowest BCUT2D eigenvalue weighted by molar-refractivity contribution is -0.144. The van der Waals surface area contributed by atoms with Gasteiger partial charge in [-0.3, -0.25) is 9.78 Å². The second kappa shape index (κ2) is 8.20. The number of nitrogens with zero attached hydrogens (tertiary/aromatic N) is 1. The van der Waals surface area contributed by atoms with Crippen LogP contribution in [-0.2, 0) is 4.79 Å². The Bertz CT molecular complexity index is 798. The van der Waals surface area contributed by atoms with Crippen molar-refractivity contribution in [2.24, 2.45) is 11.8 Å². The van der Waals surface area contributed by atoms with E-state index in [1.807, 2.05) is 18.2 Å². The number of pyridine rings is 1. The SMILES string of the molecule is COc1ccc2ncc(Cl)c(C(O)CCC3CCNCC3C(=O)O)c2c1. The lowest BCUT2D eigenvalue weighted by atomic mass is 9.82. The number of aliphatic hydroxyl groups is 1. The van der Waals surface area contributed by atoms with Crippen molar-refractivity contribution in [2.45, 2.75) is 25.4 Å². The predicted octanol–water partition coefficient (Wildman–Crippen LogP) is 3.02. The van der Waals surface area contributed by atoms with Crippen LogP contribution >= 0.6 is 11.6 Å². The van der Waals surface area contributed by atoms with Crippen LogP contribution < -0.4 is 10.1 Å². The van der Waals surface area contributed by atoms with Crippen molar-refractivity contribution < 1.29 is 19.7 Å².